The van der Waals surface area contributed by atoms with E-state index in [0.29, 0.717) is 17.0 Å². The molecule has 0 amide bonds. The number of Topliss-reactive ketones (excluding diaryl/α,β-unsaturated/α-hetero) is 1. The van der Waals surface area contributed by atoms with Gasteiger partial charge in [-0.15, -0.1) is 6.58 Å². The molecule has 0 N–H and O–H groups in total. The van der Waals surface area contributed by atoms with Crippen molar-refractivity contribution in [1.29, 1.82) is 0 Å². The lowest BCUT2D eigenvalue weighted by atomic mass is 10.1. The third kappa shape index (κ3) is 3.74. The van der Waals surface area contributed by atoms with E-state index in [0.717, 1.165) is 11.1 Å². The van der Waals surface area contributed by atoms with Gasteiger partial charge in [-0.05, 0) is 36.6 Å². The number of allylic oxidation sites excluding steroid dienone is 2. The van der Waals surface area contributed by atoms with Crippen LogP contribution in [-0.2, 0) is 14.3 Å². The predicted molar refractivity (Wildman–Crippen MR) is 87.5 cm³/mol. The Kier molecular flexibility index (Phi) is 5.34. The summed E-state index contributed by atoms with van der Waals surface area (Å²) in [5.74, 6) is -0.470. The molecule has 4 heteroatoms. The van der Waals surface area contributed by atoms with Crippen molar-refractivity contribution in [2.24, 2.45) is 0 Å². The monoisotopic (exact) mass is 316 g/mol. The van der Waals surface area contributed by atoms with Crippen molar-refractivity contribution in [2.45, 2.75) is 25.9 Å². The normalized spacial score (nSPS) is 18.1. The molecule has 0 heterocycles. The van der Waals surface area contributed by atoms with Crippen LogP contribution < -0.4 is 0 Å². The molecule has 114 valence electrons. The number of carbonyl (C=O) groups is 2. The van der Waals surface area contributed by atoms with E-state index in [1.54, 1.807) is 24.3 Å². The van der Waals surface area contributed by atoms with Gasteiger partial charge < -0.3 is 4.74 Å². The van der Waals surface area contributed by atoms with Gasteiger partial charge >= 0.3 is 5.97 Å². The van der Waals surface area contributed by atoms with Gasteiger partial charge in [0.25, 0.3) is 0 Å². The number of benzene rings is 1. The van der Waals surface area contributed by atoms with Crippen LogP contribution in [0.2, 0.25) is 5.02 Å². The van der Waals surface area contributed by atoms with Crippen LogP contribution in [0, 0.1) is 0 Å². The van der Waals surface area contributed by atoms with E-state index in [9.17, 15) is 9.59 Å². The molecule has 0 radical (unpaired) electrons. The maximum atomic E-state index is 11.9. The third-order valence-electron chi connectivity index (χ3n) is 3.58. The first-order valence-corrected chi connectivity index (χ1v) is 7.37. The van der Waals surface area contributed by atoms with Gasteiger partial charge in [0, 0.05) is 16.7 Å². The smallest absolute Gasteiger partial charge is 0.331 e. The summed E-state index contributed by atoms with van der Waals surface area (Å²) < 4.78 is 5.35. The Bertz CT molecular complexity index is 671. The fourth-order valence-electron chi connectivity index (χ4n) is 2.36. The Morgan fingerprint density at radius 2 is 2.18 bits per heavy atom. The van der Waals surface area contributed by atoms with Gasteiger partial charge in [-0.2, -0.15) is 0 Å². The Labute approximate surface area is 134 Å². The molecule has 1 atom stereocenters. The average molecular weight is 317 g/mol. The summed E-state index contributed by atoms with van der Waals surface area (Å²) >= 11 is 6.01. The first-order valence-electron chi connectivity index (χ1n) is 7.00. The van der Waals surface area contributed by atoms with Crippen LogP contribution in [-0.4, -0.2) is 17.9 Å². The summed E-state index contributed by atoms with van der Waals surface area (Å²) in [7, 11) is 0. The summed E-state index contributed by atoms with van der Waals surface area (Å²) in [6.45, 7) is 5.45. The van der Waals surface area contributed by atoms with Crippen molar-refractivity contribution in [3.63, 3.8) is 0 Å². The number of hydrogen-bond acceptors (Lipinski definition) is 3. The Balaban J connectivity index is 2.03. The van der Waals surface area contributed by atoms with E-state index in [1.807, 2.05) is 19.1 Å². The summed E-state index contributed by atoms with van der Waals surface area (Å²) in [5.41, 5.74) is 2.25. The van der Waals surface area contributed by atoms with Crippen LogP contribution in [0.5, 0.6) is 0 Å². The van der Waals surface area contributed by atoms with Gasteiger partial charge in [-0.3, -0.25) is 4.79 Å². The standard InChI is InChI=1S/C18H17ClO3/c1-3-6-14-12(2)17(11-16(14)20)22-18(21)10-9-13-7-4-5-8-15(13)19/h3-5,7-10,17H,1,6,11H2,2H3/b10-9+/t17-/m1/s1. The maximum absolute atomic E-state index is 11.9. The molecule has 1 aromatic carbocycles. The van der Waals surface area contributed by atoms with Gasteiger partial charge in [0.1, 0.15) is 6.10 Å². The molecule has 3 nitrogen and oxygen atoms in total. The number of halogens is 1. The number of carbonyl (C=O) groups excluding carboxylic acids is 2. The zero-order valence-electron chi connectivity index (χ0n) is 12.3. The van der Waals surface area contributed by atoms with Crippen LogP contribution in [0.15, 0.2) is 54.1 Å². The second-order valence-electron chi connectivity index (χ2n) is 5.06. The van der Waals surface area contributed by atoms with Crippen molar-refractivity contribution < 1.29 is 14.3 Å². The Morgan fingerprint density at radius 1 is 1.45 bits per heavy atom. The molecule has 1 aromatic rings. The Morgan fingerprint density at radius 3 is 2.86 bits per heavy atom. The highest BCUT2D eigenvalue weighted by Crippen LogP contribution is 2.28. The summed E-state index contributed by atoms with van der Waals surface area (Å²) in [5, 5.41) is 0.562. The second kappa shape index (κ2) is 7.23. The van der Waals surface area contributed by atoms with Crippen LogP contribution in [0.3, 0.4) is 0 Å². The van der Waals surface area contributed by atoms with Gasteiger partial charge in [0.2, 0.25) is 0 Å². The minimum atomic E-state index is -0.489. The van der Waals surface area contributed by atoms with Crippen molar-refractivity contribution in [2.75, 3.05) is 0 Å². The number of esters is 1. The van der Waals surface area contributed by atoms with Gasteiger partial charge in [0.15, 0.2) is 5.78 Å². The van der Waals surface area contributed by atoms with Crippen LogP contribution in [0.1, 0.15) is 25.3 Å². The van der Waals surface area contributed by atoms with E-state index in [-0.39, 0.29) is 12.2 Å². The number of ether oxygens (including phenoxy) is 1. The van der Waals surface area contributed by atoms with E-state index in [4.69, 9.17) is 16.3 Å². The fraction of sp³-hybridized carbons (Fsp3) is 0.222. The molecule has 22 heavy (non-hydrogen) atoms. The number of hydrogen-bond donors (Lipinski definition) is 0. The lowest BCUT2D eigenvalue weighted by molar-refractivity contribution is -0.141. The zero-order chi connectivity index (χ0) is 16.1. The molecular weight excluding hydrogens is 300 g/mol. The van der Waals surface area contributed by atoms with Crippen molar-refractivity contribution in [3.8, 4) is 0 Å². The van der Waals surface area contributed by atoms with E-state index >= 15 is 0 Å². The molecule has 0 aromatic heterocycles. The molecule has 0 aliphatic heterocycles. The van der Waals surface area contributed by atoms with Crippen molar-refractivity contribution in [3.05, 3.63) is 64.7 Å². The first kappa shape index (κ1) is 16.2. The minimum Gasteiger partial charge on any atom is -0.454 e. The largest absolute Gasteiger partial charge is 0.454 e. The highest BCUT2D eigenvalue weighted by atomic mass is 35.5. The summed E-state index contributed by atoms with van der Waals surface area (Å²) in [6, 6.07) is 7.20. The third-order valence-corrected chi connectivity index (χ3v) is 3.92. The molecule has 2 rings (SSSR count). The van der Waals surface area contributed by atoms with E-state index in [1.165, 1.54) is 6.08 Å². The highest BCUT2D eigenvalue weighted by molar-refractivity contribution is 6.32. The number of rotatable bonds is 5. The fourth-order valence-corrected chi connectivity index (χ4v) is 2.55. The molecule has 0 spiro atoms. The minimum absolute atomic E-state index is 0.0188. The van der Waals surface area contributed by atoms with Gasteiger partial charge in [-0.25, -0.2) is 4.79 Å². The molecule has 0 saturated carbocycles. The van der Waals surface area contributed by atoms with Crippen LogP contribution >= 0.6 is 11.6 Å². The Hall–Kier alpha value is -2.13. The summed E-state index contributed by atoms with van der Waals surface area (Å²) in [4.78, 5) is 23.8. The molecule has 0 bridgehead atoms. The molecule has 1 aliphatic carbocycles. The van der Waals surface area contributed by atoms with E-state index in [2.05, 4.69) is 6.58 Å². The molecule has 0 unspecified atom stereocenters. The molecule has 0 saturated heterocycles. The first-order chi connectivity index (χ1) is 10.5. The van der Waals surface area contributed by atoms with Crippen molar-refractivity contribution >= 4 is 29.4 Å². The quantitative estimate of drug-likeness (QED) is 0.466. The van der Waals surface area contributed by atoms with Crippen LogP contribution in [0.4, 0.5) is 0 Å². The maximum Gasteiger partial charge on any atom is 0.331 e. The highest BCUT2D eigenvalue weighted by Gasteiger charge is 2.30. The van der Waals surface area contributed by atoms with E-state index < -0.39 is 12.1 Å². The average Bonchev–Trinajstić information content (AvgIpc) is 2.74. The lowest BCUT2D eigenvalue weighted by Gasteiger charge is -2.11. The predicted octanol–water partition coefficient (Wildman–Crippen LogP) is 4.13. The van der Waals surface area contributed by atoms with Gasteiger partial charge in [-0.1, -0.05) is 35.9 Å². The van der Waals surface area contributed by atoms with Crippen molar-refractivity contribution in [1.82, 2.24) is 0 Å². The molecular formula is C18H17ClO3. The van der Waals surface area contributed by atoms with Crippen LogP contribution in [0.25, 0.3) is 6.08 Å². The SMILES string of the molecule is C=CCC1=C(C)[C@H](OC(=O)/C=C/c2ccccc2Cl)CC1=O. The molecule has 0 fully saturated rings. The lowest BCUT2D eigenvalue weighted by Crippen LogP contribution is -2.16. The van der Waals surface area contributed by atoms with Gasteiger partial charge in [0.05, 0.1) is 6.42 Å². The number of ketones is 1. The molecule has 1 aliphatic rings. The topological polar surface area (TPSA) is 43.4 Å². The zero-order valence-corrected chi connectivity index (χ0v) is 13.1. The second-order valence-corrected chi connectivity index (χ2v) is 5.47. The summed E-state index contributed by atoms with van der Waals surface area (Å²) in [6.07, 6.45) is 4.84.